The van der Waals surface area contributed by atoms with Crippen molar-refractivity contribution in [3.05, 3.63) is 118 Å². The second-order valence-electron chi connectivity index (χ2n) is 12.2. The van der Waals surface area contributed by atoms with Crippen LogP contribution in [0.5, 0.6) is 11.5 Å². The van der Waals surface area contributed by atoms with E-state index in [1.165, 1.54) is 49.7 Å². The molecule has 9 nitrogen and oxygen atoms in total. The number of Topliss-reactive ketones (excluding diaryl/α,β-unsaturated/α-hetero) is 1. The molecule has 0 aliphatic carbocycles. The number of hydrogen-bond donors (Lipinski definition) is 1. The third kappa shape index (κ3) is 6.97. The minimum absolute atomic E-state index is 0.118. The summed E-state index contributed by atoms with van der Waals surface area (Å²) in [6.45, 7) is 1.07. The van der Waals surface area contributed by atoms with Crippen LogP contribution in [0.15, 0.2) is 90.1 Å². The van der Waals surface area contributed by atoms with Gasteiger partial charge in [0.2, 0.25) is 0 Å². The van der Waals surface area contributed by atoms with Gasteiger partial charge in [0.05, 0.1) is 31.3 Å². The minimum atomic E-state index is -0.750. The smallest absolute Gasteiger partial charge is 0.200 e. The summed E-state index contributed by atoms with van der Waals surface area (Å²) in [6.07, 6.45) is 5.34. The molecule has 6 rings (SSSR count). The zero-order valence-electron chi connectivity index (χ0n) is 27.5. The fourth-order valence-corrected chi connectivity index (χ4v) is 6.21. The lowest BCUT2D eigenvalue weighted by molar-refractivity contribution is 0.0332. The first-order chi connectivity index (χ1) is 24.1. The molecule has 254 valence electrons. The average molecular weight is 677 g/mol. The van der Waals surface area contributed by atoms with Crippen molar-refractivity contribution in [3.8, 4) is 50.9 Å². The standard InChI is InChI=1S/C39H34F2N4O5/c1-48-35-10-6-26(18-36(35)49-2)27-17-30(38(43)44-19-27)29-9-3-24(15-33(29)41)16-34(46)32-21-45(23-39(22-42)11-13-50-14-12-39)20-31(37(32)47)25-4-7-28(40)8-5-25/h3-10,15,17-21H,11-14,16,23H2,1-2H3,(H2,43,44). The molecule has 0 spiro atoms. The molecule has 1 aliphatic rings. The molecule has 5 aromatic rings. The summed E-state index contributed by atoms with van der Waals surface area (Å²) in [5.41, 5.74) is 7.71. The quantitative estimate of drug-likeness (QED) is 0.159. The second-order valence-corrected chi connectivity index (χ2v) is 12.2. The summed E-state index contributed by atoms with van der Waals surface area (Å²) >= 11 is 0. The molecule has 1 aliphatic heterocycles. The maximum atomic E-state index is 15.8. The van der Waals surface area contributed by atoms with Crippen molar-refractivity contribution >= 4 is 11.6 Å². The monoisotopic (exact) mass is 676 g/mol. The van der Waals surface area contributed by atoms with Crippen LogP contribution in [0.25, 0.3) is 33.4 Å². The summed E-state index contributed by atoms with van der Waals surface area (Å²) in [5, 5.41) is 10.1. The molecule has 0 atom stereocenters. The minimum Gasteiger partial charge on any atom is -0.493 e. The molecule has 1 saturated heterocycles. The Kier molecular flexibility index (Phi) is 9.74. The summed E-state index contributed by atoms with van der Waals surface area (Å²) < 4.78 is 47.4. The van der Waals surface area contributed by atoms with Crippen LogP contribution in [0.3, 0.4) is 0 Å². The highest BCUT2D eigenvalue weighted by Gasteiger charge is 2.33. The van der Waals surface area contributed by atoms with Crippen LogP contribution in [-0.4, -0.2) is 42.8 Å². The van der Waals surface area contributed by atoms with E-state index >= 15 is 4.39 Å². The van der Waals surface area contributed by atoms with E-state index in [0.717, 1.165) is 5.56 Å². The highest BCUT2D eigenvalue weighted by molar-refractivity contribution is 5.98. The average Bonchev–Trinajstić information content (AvgIpc) is 3.13. The Bertz CT molecular complexity index is 2170. The van der Waals surface area contributed by atoms with E-state index in [0.29, 0.717) is 59.8 Å². The normalized spacial score (nSPS) is 13.7. The van der Waals surface area contributed by atoms with E-state index in [1.807, 2.05) is 6.07 Å². The van der Waals surface area contributed by atoms with Crippen LogP contribution >= 0.6 is 0 Å². The van der Waals surface area contributed by atoms with Crippen molar-refractivity contribution in [2.75, 3.05) is 33.2 Å². The van der Waals surface area contributed by atoms with E-state index in [2.05, 4.69) is 11.1 Å². The number of nitriles is 1. The Morgan fingerprint density at radius 2 is 1.64 bits per heavy atom. The van der Waals surface area contributed by atoms with Crippen LogP contribution in [0.4, 0.5) is 14.6 Å². The molecule has 0 amide bonds. The van der Waals surface area contributed by atoms with E-state index in [-0.39, 0.29) is 35.5 Å². The first kappa shape index (κ1) is 34.0. The molecule has 3 aromatic carbocycles. The highest BCUT2D eigenvalue weighted by atomic mass is 19.1. The first-order valence-electron chi connectivity index (χ1n) is 15.9. The fraction of sp³-hybridized carbons (Fsp3) is 0.231. The zero-order chi connectivity index (χ0) is 35.4. The Morgan fingerprint density at radius 3 is 2.32 bits per heavy atom. The maximum absolute atomic E-state index is 15.8. The van der Waals surface area contributed by atoms with Gasteiger partial charge in [-0.15, -0.1) is 0 Å². The molecule has 0 bridgehead atoms. The largest absolute Gasteiger partial charge is 0.493 e. The molecule has 2 aromatic heterocycles. The molecular formula is C39H34F2N4O5. The molecule has 1 fully saturated rings. The van der Waals surface area contributed by atoms with Gasteiger partial charge in [-0.1, -0.05) is 30.3 Å². The first-order valence-corrected chi connectivity index (χ1v) is 15.9. The van der Waals surface area contributed by atoms with E-state index in [1.54, 1.807) is 48.3 Å². The lowest BCUT2D eigenvalue weighted by atomic mass is 9.81. The number of benzene rings is 3. The molecule has 0 saturated carbocycles. The SMILES string of the molecule is COc1ccc(-c2cnc(N)c(-c3ccc(CC(=O)c4cn(CC5(C#N)CCOCC5)cc(-c5ccc(F)cc5)c4=O)cc3F)c2)cc1OC. The predicted molar refractivity (Wildman–Crippen MR) is 185 cm³/mol. The zero-order valence-corrected chi connectivity index (χ0v) is 27.5. The number of nitrogens with zero attached hydrogens (tertiary/aromatic N) is 3. The van der Waals surface area contributed by atoms with Crippen LogP contribution in [0.2, 0.25) is 0 Å². The molecule has 2 N–H and O–H groups in total. The summed E-state index contributed by atoms with van der Waals surface area (Å²) in [5.74, 6) is -0.428. The maximum Gasteiger partial charge on any atom is 0.200 e. The third-order valence-corrected chi connectivity index (χ3v) is 9.03. The lowest BCUT2D eigenvalue weighted by Gasteiger charge is -2.31. The van der Waals surface area contributed by atoms with Gasteiger partial charge < -0.3 is 24.5 Å². The number of ether oxygens (including phenoxy) is 3. The molecule has 0 radical (unpaired) electrons. The Hall–Kier alpha value is -5.86. The van der Waals surface area contributed by atoms with Gasteiger partial charge in [-0.3, -0.25) is 9.59 Å². The topological polar surface area (TPSA) is 129 Å². The van der Waals surface area contributed by atoms with Gasteiger partial charge in [0.1, 0.15) is 17.5 Å². The number of nitrogen functional groups attached to an aromatic ring is 1. The number of anilines is 1. The van der Waals surface area contributed by atoms with Crippen molar-refractivity contribution in [3.63, 3.8) is 0 Å². The van der Waals surface area contributed by atoms with E-state index in [4.69, 9.17) is 19.9 Å². The van der Waals surface area contributed by atoms with Crippen molar-refractivity contribution in [1.82, 2.24) is 9.55 Å². The number of aromatic nitrogens is 2. The van der Waals surface area contributed by atoms with Gasteiger partial charge in [0, 0.05) is 67.0 Å². The molecular weight excluding hydrogens is 642 g/mol. The van der Waals surface area contributed by atoms with Gasteiger partial charge in [-0.25, -0.2) is 13.8 Å². The number of carbonyl (C=O) groups is 1. The lowest BCUT2D eigenvalue weighted by Crippen LogP contribution is -2.33. The Balaban J connectivity index is 1.31. The van der Waals surface area contributed by atoms with Gasteiger partial charge in [0.15, 0.2) is 22.7 Å². The van der Waals surface area contributed by atoms with Gasteiger partial charge in [0.25, 0.3) is 0 Å². The van der Waals surface area contributed by atoms with Crippen LogP contribution in [0.1, 0.15) is 28.8 Å². The molecule has 3 heterocycles. The Labute approximate surface area is 287 Å². The fourth-order valence-electron chi connectivity index (χ4n) is 6.21. The Morgan fingerprint density at radius 1 is 0.920 bits per heavy atom. The molecule has 0 unspecified atom stereocenters. The third-order valence-electron chi connectivity index (χ3n) is 9.03. The molecule has 50 heavy (non-hydrogen) atoms. The summed E-state index contributed by atoms with van der Waals surface area (Å²) in [4.78, 5) is 31.8. The van der Waals surface area contributed by atoms with Crippen molar-refractivity contribution < 1.29 is 27.8 Å². The highest BCUT2D eigenvalue weighted by Crippen LogP contribution is 2.36. The number of rotatable bonds is 10. The van der Waals surface area contributed by atoms with E-state index < -0.39 is 28.3 Å². The van der Waals surface area contributed by atoms with E-state index in [9.17, 15) is 19.2 Å². The number of methoxy groups -OCH3 is 2. The van der Waals surface area contributed by atoms with Crippen LogP contribution in [0, 0.1) is 28.4 Å². The van der Waals surface area contributed by atoms with Crippen LogP contribution in [-0.2, 0) is 17.7 Å². The number of ketones is 1. The number of hydrogen-bond acceptors (Lipinski definition) is 8. The predicted octanol–water partition coefficient (Wildman–Crippen LogP) is 6.87. The van der Waals surface area contributed by atoms with Crippen molar-refractivity contribution in [1.29, 1.82) is 5.26 Å². The van der Waals surface area contributed by atoms with Crippen molar-refractivity contribution in [2.24, 2.45) is 5.41 Å². The van der Waals surface area contributed by atoms with Gasteiger partial charge in [-0.05, 0) is 65.9 Å². The van der Waals surface area contributed by atoms with Crippen LogP contribution < -0.4 is 20.6 Å². The molecule has 11 heteroatoms. The number of nitrogens with two attached hydrogens (primary N) is 1. The second kappa shape index (κ2) is 14.3. The van der Waals surface area contributed by atoms with Crippen molar-refractivity contribution in [2.45, 2.75) is 25.8 Å². The number of halogens is 2. The number of carbonyl (C=O) groups excluding carboxylic acids is 1. The van der Waals surface area contributed by atoms with Gasteiger partial charge >= 0.3 is 0 Å². The van der Waals surface area contributed by atoms with Gasteiger partial charge in [-0.2, -0.15) is 5.26 Å². The summed E-state index contributed by atoms with van der Waals surface area (Å²) in [6, 6.07) is 19.3. The summed E-state index contributed by atoms with van der Waals surface area (Å²) in [7, 11) is 3.07. The number of pyridine rings is 2.